The van der Waals surface area contributed by atoms with Crippen molar-refractivity contribution < 1.29 is 26.2 Å². The van der Waals surface area contributed by atoms with Crippen molar-refractivity contribution in [3.63, 3.8) is 0 Å². The van der Waals surface area contributed by atoms with Gasteiger partial charge in [0, 0.05) is 37.8 Å². The largest absolute Gasteiger partial charge is 0.411 e. The van der Waals surface area contributed by atoms with Gasteiger partial charge in [0.25, 0.3) is 0 Å². The summed E-state index contributed by atoms with van der Waals surface area (Å²) in [6.07, 6.45) is 0. The summed E-state index contributed by atoms with van der Waals surface area (Å²) in [6, 6.07) is 35.9. The summed E-state index contributed by atoms with van der Waals surface area (Å²) in [5, 5.41) is 4.54. The minimum atomic E-state index is -2.03. The first-order chi connectivity index (χ1) is 16.5. The van der Waals surface area contributed by atoms with Crippen LogP contribution in [0, 0.1) is 13.0 Å². The fraction of sp³-hybridized carbons (Fsp3) is 0.188. The molecule has 0 radical (unpaired) electrons. The van der Waals surface area contributed by atoms with Gasteiger partial charge < -0.3 is 4.90 Å². The Bertz CT molecular complexity index is 1590. The van der Waals surface area contributed by atoms with Gasteiger partial charge >= 0.3 is 0 Å². The molecule has 0 fully saturated rings. The molecule has 170 valence electrons. The maximum Gasteiger partial charge on any atom is 0.0904 e. The molecule has 0 amide bonds. The normalized spacial score (nSPS) is 17.5. The Labute approximate surface area is 228 Å². The van der Waals surface area contributed by atoms with Crippen LogP contribution in [0.2, 0.25) is 13.1 Å². The molecule has 0 N–H and O–H groups in total. The summed E-state index contributed by atoms with van der Waals surface area (Å²) >= 11 is 0. The van der Waals surface area contributed by atoms with Crippen molar-refractivity contribution in [3.8, 4) is 11.1 Å². The third-order valence-electron chi connectivity index (χ3n) is 8.41. The average molecular weight is 546 g/mol. The van der Waals surface area contributed by atoms with Crippen LogP contribution < -0.4 is 15.3 Å². The van der Waals surface area contributed by atoms with Gasteiger partial charge in [0.1, 0.15) is 0 Å². The van der Waals surface area contributed by atoms with E-state index in [1.54, 1.807) is 5.20 Å². The summed E-state index contributed by atoms with van der Waals surface area (Å²) < 4.78 is 0. The number of hydrogen-bond acceptors (Lipinski definition) is 1. The van der Waals surface area contributed by atoms with E-state index in [4.69, 9.17) is 0 Å². The fourth-order valence-corrected chi connectivity index (χ4v) is 11.4. The fourth-order valence-electron chi connectivity index (χ4n) is 7.07. The van der Waals surface area contributed by atoms with Crippen molar-refractivity contribution in [2.24, 2.45) is 0 Å². The van der Waals surface area contributed by atoms with E-state index in [9.17, 15) is 0 Å². The van der Waals surface area contributed by atoms with E-state index < -0.39 is 8.07 Å². The van der Waals surface area contributed by atoms with E-state index in [0.717, 1.165) is 0 Å². The predicted molar refractivity (Wildman–Crippen MR) is 145 cm³/mol. The van der Waals surface area contributed by atoms with Crippen LogP contribution in [-0.2, 0) is 26.2 Å². The van der Waals surface area contributed by atoms with Crippen LogP contribution in [0.4, 0.5) is 5.69 Å². The van der Waals surface area contributed by atoms with E-state index >= 15 is 0 Å². The molecule has 3 aliphatic rings. The molecule has 3 heteroatoms. The minimum Gasteiger partial charge on any atom is -0.411 e. The van der Waals surface area contributed by atoms with Crippen molar-refractivity contribution in [1.82, 2.24) is 0 Å². The maximum absolute atomic E-state index is 3.73. The van der Waals surface area contributed by atoms with Gasteiger partial charge in [0.05, 0.1) is 8.07 Å². The number of likely N-dealkylation sites (N-methyl/N-ethyl adjacent to an activating group) is 1. The summed E-state index contributed by atoms with van der Waals surface area (Å²) in [4.78, 5) is 2.53. The molecule has 2 aliphatic carbocycles. The monoisotopic (exact) mass is 544 g/mol. The first-order valence-corrected chi connectivity index (χ1v) is 15.3. The Morgan fingerprint density at radius 3 is 1.97 bits per heavy atom. The number of anilines is 1. The third kappa shape index (κ3) is 3.01. The van der Waals surface area contributed by atoms with Crippen LogP contribution in [0.25, 0.3) is 21.9 Å². The van der Waals surface area contributed by atoms with Gasteiger partial charge in [0.15, 0.2) is 0 Å². The molecule has 0 aromatic heterocycles. The van der Waals surface area contributed by atoms with Gasteiger partial charge in [-0.05, 0) is 40.2 Å². The van der Waals surface area contributed by atoms with Gasteiger partial charge in [-0.3, -0.25) is 0 Å². The summed E-state index contributed by atoms with van der Waals surface area (Å²) in [6.45, 7) is 7.37. The van der Waals surface area contributed by atoms with Crippen LogP contribution in [0.5, 0.6) is 0 Å². The first kappa shape index (κ1) is 23.0. The van der Waals surface area contributed by atoms with E-state index in [-0.39, 0.29) is 26.2 Å². The van der Waals surface area contributed by atoms with Crippen molar-refractivity contribution in [2.45, 2.75) is 31.6 Å². The molecule has 1 nitrogen and oxygen atoms in total. The van der Waals surface area contributed by atoms with Crippen molar-refractivity contribution in [1.29, 1.82) is 0 Å². The second-order valence-corrected chi connectivity index (χ2v) is 15.2. The van der Waals surface area contributed by atoms with E-state index in [1.807, 2.05) is 0 Å². The Balaban J connectivity index is 0.00000229. The molecular formula is C32H28NSiZr-. The molecule has 4 aromatic carbocycles. The SMILES string of the molecule is Cc1[c-]c2c(cc1)N(C)C1C2=c2ccccc2=C1[Si](C)(C)C1c2ccccc2-c2ccccc21.[Zr]. The molecular weight excluding hydrogens is 518 g/mol. The van der Waals surface area contributed by atoms with Gasteiger partial charge in [0.2, 0.25) is 0 Å². The third-order valence-corrected chi connectivity index (χ3v) is 12.4. The minimum absolute atomic E-state index is 0. The Morgan fingerprint density at radius 2 is 1.31 bits per heavy atom. The summed E-state index contributed by atoms with van der Waals surface area (Å²) in [7, 11) is 0.253. The molecule has 1 atom stereocenters. The first-order valence-electron chi connectivity index (χ1n) is 12.3. The second kappa shape index (κ2) is 8.02. The maximum atomic E-state index is 3.73. The molecule has 1 heterocycles. The number of benzene rings is 4. The molecule has 1 aliphatic heterocycles. The molecule has 35 heavy (non-hydrogen) atoms. The Hall–Kier alpha value is -2.48. The molecule has 0 spiro atoms. The standard InChI is InChI=1S/C32H28NSi.Zr/c1-20-17-18-28-27(19-20)29-23-13-7-10-16-26(23)32(30(29)33(28)2)34(3,4)31-24-14-8-5-11-21(24)22-12-6-9-15-25(22)31;/h5-18,30-31H,1-4H3;/q-1;. The summed E-state index contributed by atoms with van der Waals surface area (Å²) in [5.74, 6) is 0. The zero-order valence-electron chi connectivity index (χ0n) is 20.7. The molecule has 0 saturated heterocycles. The van der Waals surface area contributed by atoms with Crippen molar-refractivity contribution in [2.75, 3.05) is 11.9 Å². The zero-order chi connectivity index (χ0) is 23.2. The zero-order valence-corrected chi connectivity index (χ0v) is 24.1. The summed E-state index contributed by atoms with van der Waals surface area (Å²) in [5.41, 5.74) is 11.6. The Kier molecular flexibility index (Phi) is 5.26. The Morgan fingerprint density at radius 1 is 0.743 bits per heavy atom. The van der Waals surface area contributed by atoms with Crippen molar-refractivity contribution >= 4 is 24.5 Å². The van der Waals surface area contributed by atoms with Crippen LogP contribution in [0.3, 0.4) is 0 Å². The molecule has 1 unspecified atom stereocenters. The molecule has 7 rings (SSSR count). The number of rotatable bonds is 2. The van der Waals surface area contributed by atoms with Gasteiger partial charge in [-0.2, -0.15) is 0 Å². The molecule has 4 aromatic rings. The van der Waals surface area contributed by atoms with Crippen molar-refractivity contribution in [3.05, 3.63) is 124 Å². The smallest absolute Gasteiger partial charge is 0.0904 e. The van der Waals surface area contributed by atoms with Gasteiger partial charge in [-0.1, -0.05) is 109 Å². The topological polar surface area (TPSA) is 3.24 Å². The number of fused-ring (bicyclic) bond motifs is 7. The van der Waals surface area contributed by atoms with Gasteiger partial charge in [-0.25, -0.2) is 0 Å². The molecule has 0 bridgehead atoms. The number of aryl methyl sites for hydroxylation is 1. The van der Waals surface area contributed by atoms with E-state index in [2.05, 4.69) is 123 Å². The second-order valence-electron chi connectivity index (χ2n) is 10.6. The number of hydrogen-bond donors (Lipinski definition) is 0. The van der Waals surface area contributed by atoms with Gasteiger partial charge in [-0.15, -0.1) is 29.3 Å². The number of nitrogens with zero attached hydrogens (tertiary/aromatic N) is 1. The predicted octanol–water partition coefficient (Wildman–Crippen LogP) is 5.57. The average Bonchev–Trinajstić information content (AvgIpc) is 3.46. The molecule has 0 saturated carbocycles. The van der Waals surface area contributed by atoms with Crippen LogP contribution in [-0.4, -0.2) is 21.2 Å². The van der Waals surface area contributed by atoms with Crippen LogP contribution in [0.15, 0.2) is 84.9 Å². The quantitative estimate of drug-likeness (QED) is 0.235. The van der Waals surface area contributed by atoms with E-state index in [1.165, 1.54) is 55.1 Å². The van der Waals surface area contributed by atoms with E-state index in [0.29, 0.717) is 11.6 Å². The van der Waals surface area contributed by atoms with Crippen LogP contribution in [0.1, 0.15) is 27.8 Å². The van der Waals surface area contributed by atoms with Crippen LogP contribution >= 0.6 is 0 Å².